The van der Waals surface area contributed by atoms with Gasteiger partial charge in [-0.3, -0.25) is 0 Å². The van der Waals surface area contributed by atoms with E-state index >= 15 is 0 Å². The fourth-order valence-electron chi connectivity index (χ4n) is 3.75. The molecule has 1 aliphatic rings. The maximum atomic E-state index is 12.9. The molecule has 2 heteroatoms. The smallest absolute Gasteiger partial charge is 0.138 e. The summed E-state index contributed by atoms with van der Waals surface area (Å²) in [4.78, 5) is 1.43. The number of nitrogens with one attached hydrogen (secondary N) is 1. The van der Waals surface area contributed by atoms with Gasteiger partial charge in [-0.05, 0) is 11.1 Å². The number of benzene rings is 2. The summed E-state index contributed by atoms with van der Waals surface area (Å²) in [5, 5.41) is 0. The highest BCUT2D eigenvalue weighted by Crippen LogP contribution is 2.30. The van der Waals surface area contributed by atoms with E-state index in [1.165, 1.54) is 28.9 Å². The maximum absolute atomic E-state index is 12.9. The Balaban J connectivity index is 1.97. The minimum absolute atomic E-state index is 0.220. The summed E-state index contributed by atoms with van der Waals surface area (Å²) in [6.07, 6.45) is 2.39. The van der Waals surface area contributed by atoms with E-state index in [-0.39, 0.29) is 6.67 Å². The van der Waals surface area contributed by atoms with Crippen LogP contribution in [-0.4, -0.2) is 25.8 Å². The van der Waals surface area contributed by atoms with E-state index in [1.54, 1.807) is 0 Å². The van der Waals surface area contributed by atoms with Crippen LogP contribution in [0.1, 0.15) is 29.9 Å². The highest BCUT2D eigenvalue weighted by Gasteiger charge is 2.36. The molecule has 3 rings (SSSR count). The van der Waals surface area contributed by atoms with Gasteiger partial charge in [0.15, 0.2) is 0 Å². The van der Waals surface area contributed by atoms with Crippen molar-refractivity contribution in [2.45, 2.75) is 24.8 Å². The molecule has 1 heterocycles. The molecular formula is C19H23FN+. The lowest BCUT2D eigenvalue weighted by Gasteiger charge is -2.29. The number of quaternary nitrogens is 1. The third-order valence-corrected chi connectivity index (χ3v) is 4.67. The van der Waals surface area contributed by atoms with Crippen LogP contribution in [0, 0.1) is 0 Å². The van der Waals surface area contributed by atoms with Crippen molar-refractivity contribution >= 4 is 0 Å². The number of halogens is 1. The van der Waals surface area contributed by atoms with Crippen LogP contribution < -0.4 is 4.90 Å². The maximum Gasteiger partial charge on any atom is 0.138 e. The van der Waals surface area contributed by atoms with Crippen molar-refractivity contribution in [2.24, 2.45) is 0 Å². The standard InChI is InChI=1S/C19H22FN/c20-13-15-21-14-7-12-18(21)19(16-8-3-1-4-9-16)17-10-5-2-6-11-17/h1-6,8-11,18-19H,7,12-15H2/p+1. The van der Waals surface area contributed by atoms with Crippen LogP contribution >= 0.6 is 0 Å². The first-order valence-electron chi connectivity index (χ1n) is 7.90. The normalized spacial score (nSPS) is 21.8. The van der Waals surface area contributed by atoms with E-state index in [0.29, 0.717) is 18.5 Å². The number of likely N-dealkylation sites (tertiary alicyclic amines) is 1. The summed E-state index contributed by atoms with van der Waals surface area (Å²) in [6.45, 7) is 1.52. The van der Waals surface area contributed by atoms with Crippen LogP contribution in [0.3, 0.4) is 0 Å². The molecule has 0 aliphatic carbocycles. The molecule has 0 radical (unpaired) electrons. The Labute approximate surface area is 126 Å². The topological polar surface area (TPSA) is 4.44 Å². The molecule has 2 atom stereocenters. The largest absolute Gasteiger partial charge is 0.330 e. The monoisotopic (exact) mass is 284 g/mol. The SMILES string of the molecule is FCC[NH+]1CCCC1C(c1ccccc1)c1ccccc1. The Hall–Kier alpha value is -1.67. The van der Waals surface area contributed by atoms with Gasteiger partial charge in [0.1, 0.15) is 13.2 Å². The molecule has 1 aliphatic heterocycles. The summed E-state index contributed by atoms with van der Waals surface area (Å²) in [6, 6.07) is 21.9. The summed E-state index contributed by atoms with van der Waals surface area (Å²) in [5.74, 6) is 0.372. The Morgan fingerprint density at radius 1 is 0.952 bits per heavy atom. The predicted octanol–water partition coefficient (Wildman–Crippen LogP) is 2.84. The van der Waals surface area contributed by atoms with Gasteiger partial charge in [0, 0.05) is 12.8 Å². The second-order valence-corrected chi connectivity index (χ2v) is 5.89. The van der Waals surface area contributed by atoms with Gasteiger partial charge in [0.25, 0.3) is 0 Å². The lowest BCUT2D eigenvalue weighted by Crippen LogP contribution is -3.14. The molecule has 0 spiro atoms. The molecular weight excluding hydrogens is 261 g/mol. The van der Waals surface area contributed by atoms with Gasteiger partial charge in [-0.1, -0.05) is 60.7 Å². The lowest BCUT2D eigenvalue weighted by atomic mass is 9.84. The number of rotatable bonds is 5. The minimum Gasteiger partial charge on any atom is -0.330 e. The second kappa shape index (κ2) is 6.86. The molecule has 1 nitrogen and oxygen atoms in total. The number of alkyl halides is 1. The van der Waals surface area contributed by atoms with Crippen LogP contribution in [0.5, 0.6) is 0 Å². The van der Waals surface area contributed by atoms with Crippen LogP contribution in [0.4, 0.5) is 4.39 Å². The average molecular weight is 284 g/mol. The zero-order chi connectivity index (χ0) is 14.5. The van der Waals surface area contributed by atoms with E-state index in [4.69, 9.17) is 0 Å². The van der Waals surface area contributed by atoms with Crippen molar-refractivity contribution in [3.8, 4) is 0 Å². The molecule has 2 aromatic rings. The van der Waals surface area contributed by atoms with Gasteiger partial charge in [0.05, 0.1) is 18.5 Å². The first kappa shape index (κ1) is 14.3. The van der Waals surface area contributed by atoms with Crippen LogP contribution in [0.25, 0.3) is 0 Å². The third-order valence-electron chi connectivity index (χ3n) is 4.67. The fraction of sp³-hybridized carbons (Fsp3) is 0.368. The Morgan fingerprint density at radius 2 is 1.52 bits per heavy atom. The Bertz CT molecular complexity index is 501. The van der Waals surface area contributed by atoms with Crippen molar-refractivity contribution in [1.82, 2.24) is 0 Å². The van der Waals surface area contributed by atoms with E-state index in [1.807, 2.05) is 0 Å². The molecule has 110 valence electrons. The molecule has 0 amide bonds. The molecule has 0 saturated carbocycles. The van der Waals surface area contributed by atoms with Gasteiger partial charge in [-0.25, -0.2) is 4.39 Å². The zero-order valence-electron chi connectivity index (χ0n) is 12.3. The van der Waals surface area contributed by atoms with E-state index in [9.17, 15) is 4.39 Å². The third kappa shape index (κ3) is 3.16. The Morgan fingerprint density at radius 3 is 2.05 bits per heavy atom. The molecule has 2 unspecified atom stereocenters. The minimum atomic E-state index is -0.220. The van der Waals surface area contributed by atoms with Crippen molar-refractivity contribution in [2.75, 3.05) is 19.8 Å². The molecule has 1 N–H and O–H groups in total. The predicted molar refractivity (Wildman–Crippen MR) is 84.4 cm³/mol. The quantitative estimate of drug-likeness (QED) is 0.861. The van der Waals surface area contributed by atoms with Crippen LogP contribution in [0.15, 0.2) is 60.7 Å². The van der Waals surface area contributed by atoms with Gasteiger partial charge in [-0.15, -0.1) is 0 Å². The first-order valence-corrected chi connectivity index (χ1v) is 7.90. The van der Waals surface area contributed by atoms with Crippen LogP contribution in [0.2, 0.25) is 0 Å². The molecule has 1 fully saturated rings. The van der Waals surface area contributed by atoms with Crippen molar-refractivity contribution in [3.05, 3.63) is 71.8 Å². The Kier molecular flexibility index (Phi) is 4.66. The second-order valence-electron chi connectivity index (χ2n) is 5.89. The van der Waals surface area contributed by atoms with Gasteiger partial charge < -0.3 is 4.90 Å². The summed E-state index contributed by atoms with van der Waals surface area (Å²) >= 11 is 0. The first-order chi connectivity index (χ1) is 10.4. The van der Waals surface area contributed by atoms with Gasteiger partial charge in [0.2, 0.25) is 0 Å². The van der Waals surface area contributed by atoms with Crippen molar-refractivity contribution in [1.29, 1.82) is 0 Å². The molecule has 0 aromatic heterocycles. The lowest BCUT2D eigenvalue weighted by molar-refractivity contribution is -0.913. The van der Waals surface area contributed by atoms with E-state index in [0.717, 1.165) is 6.54 Å². The summed E-state index contributed by atoms with van der Waals surface area (Å²) in [5.41, 5.74) is 2.71. The zero-order valence-corrected chi connectivity index (χ0v) is 12.3. The van der Waals surface area contributed by atoms with Gasteiger partial charge >= 0.3 is 0 Å². The number of hydrogen-bond donors (Lipinski definition) is 1. The highest BCUT2D eigenvalue weighted by molar-refractivity contribution is 5.33. The summed E-state index contributed by atoms with van der Waals surface area (Å²) in [7, 11) is 0. The average Bonchev–Trinajstić information content (AvgIpc) is 2.98. The van der Waals surface area contributed by atoms with Crippen molar-refractivity contribution < 1.29 is 9.29 Å². The summed E-state index contributed by atoms with van der Waals surface area (Å²) < 4.78 is 12.9. The molecule has 0 bridgehead atoms. The van der Waals surface area contributed by atoms with E-state index in [2.05, 4.69) is 60.7 Å². The molecule has 2 aromatic carbocycles. The molecule has 21 heavy (non-hydrogen) atoms. The van der Waals surface area contributed by atoms with Crippen molar-refractivity contribution in [3.63, 3.8) is 0 Å². The highest BCUT2D eigenvalue weighted by atomic mass is 19.1. The van der Waals surface area contributed by atoms with E-state index < -0.39 is 0 Å². The van der Waals surface area contributed by atoms with Gasteiger partial charge in [-0.2, -0.15) is 0 Å². The fourth-order valence-corrected chi connectivity index (χ4v) is 3.75. The number of hydrogen-bond acceptors (Lipinski definition) is 0. The molecule has 1 saturated heterocycles. The van der Waals surface area contributed by atoms with Crippen LogP contribution in [-0.2, 0) is 0 Å².